The molecule has 6 rings (SSSR count). The number of anilines is 1. The zero-order chi connectivity index (χ0) is 21.3. The van der Waals surface area contributed by atoms with Gasteiger partial charge in [0.05, 0.1) is 15.7 Å². The normalized spacial score (nSPS) is 20.3. The summed E-state index contributed by atoms with van der Waals surface area (Å²) in [4.78, 5) is 10.9. The Balaban J connectivity index is 1.56. The Hall–Kier alpha value is -2.54. The molecule has 2 aliphatic heterocycles. The van der Waals surface area contributed by atoms with Crippen LogP contribution < -0.4 is 10.2 Å². The number of fused-ring (bicyclic) bond motifs is 3. The smallest absolute Gasteiger partial charge is 0.175 e. The highest BCUT2D eigenvalue weighted by Gasteiger charge is 2.43. The third-order valence-corrected chi connectivity index (χ3v) is 7.01. The van der Waals surface area contributed by atoms with Crippen molar-refractivity contribution in [3.8, 4) is 11.3 Å². The highest BCUT2D eigenvalue weighted by Crippen LogP contribution is 2.42. The van der Waals surface area contributed by atoms with Crippen molar-refractivity contribution in [1.82, 2.24) is 15.3 Å². The van der Waals surface area contributed by atoms with E-state index in [4.69, 9.17) is 23.2 Å². The van der Waals surface area contributed by atoms with E-state index in [9.17, 15) is 4.39 Å². The standard InChI is InChI=1S/C23H16Cl2F2N4/c24-14-9-30-22-13(23(14)31-10-16-17(31)6-7-28-16)8-29-21(20(22)27)12-3-1-2-11-4-5-15(26)19(25)18(11)12/h1-5,8-9,16-17,28H,6-7,10H2/t16-,17-/m1/s1. The quantitative estimate of drug-likeness (QED) is 0.427. The van der Waals surface area contributed by atoms with Crippen LogP contribution in [0.25, 0.3) is 32.9 Å². The Bertz CT molecular complexity index is 1380. The molecule has 0 bridgehead atoms. The molecular formula is C23H16Cl2F2N4. The van der Waals surface area contributed by atoms with Crippen LogP contribution in [0.2, 0.25) is 10.0 Å². The van der Waals surface area contributed by atoms with Crippen molar-refractivity contribution < 1.29 is 8.78 Å². The number of nitrogens with zero attached hydrogens (tertiary/aromatic N) is 3. The first-order chi connectivity index (χ1) is 15.0. The van der Waals surface area contributed by atoms with E-state index in [-0.39, 0.29) is 16.2 Å². The van der Waals surface area contributed by atoms with Crippen molar-refractivity contribution in [2.45, 2.75) is 18.5 Å². The fourth-order valence-electron chi connectivity index (χ4n) is 4.85. The molecule has 2 atom stereocenters. The number of hydrogen-bond acceptors (Lipinski definition) is 4. The monoisotopic (exact) mass is 456 g/mol. The topological polar surface area (TPSA) is 41.1 Å². The van der Waals surface area contributed by atoms with Gasteiger partial charge in [0.25, 0.3) is 0 Å². The van der Waals surface area contributed by atoms with Crippen molar-refractivity contribution in [2.75, 3.05) is 18.0 Å². The molecule has 1 N–H and O–H groups in total. The maximum Gasteiger partial charge on any atom is 0.175 e. The van der Waals surface area contributed by atoms with Gasteiger partial charge in [-0.2, -0.15) is 0 Å². The van der Waals surface area contributed by atoms with Gasteiger partial charge in [-0.15, -0.1) is 0 Å². The number of hydrogen-bond donors (Lipinski definition) is 1. The lowest BCUT2D eigenvalue weighted by molar-refractivity contribution is 0.397. The molecule has 4 heterocycles. The number of nitrogens with one attached hydrogen (secondary N) is 1. The van der Waals surface area contributed by atoms with E-state index in [1.165, 1.54) is 12.3 Å². The molecule has 0 aliphatic carbocycles. The first-order valence-electron chi connectivity index (χ1n) is 10.0. The van der Waals surface area contributed by atoms with E-state index in [1.807, 2.05) is 0 Å². The second-order valence-electron chi connectivity index (χ2n) is 7.97. The molecule has 31 heavy (non-hydrogen) atoms. The van der Waals surface area contributed by atoms with Crippen molar-refractivity contribution in [3.05, 3.63) is 64.4 Å². The molecule has 2 aromatic carbocycles. The molecule has 0 radical (unpaired) electrons. The summed E-state index contributed by atoms with van der Waals surface area (Å²) < 4.78 is 29.9. The summed E-state index contributed by atoms with van der Waals surface area (Å²) in [6.07, 6.45) is 4.10. The Labute approximate surface area is 186 Å². The fourth-order valence-corrected chi connectivity index (χ4v) is 5.39. The molecule has 2 aliphatic rings. The maximum atomic E-state index is 15.7. The van der Waals surface area contributed by atoms with Gasteiger partial charge in [0.2, 0.25) is 0 Å². The van der Waals surface area contributed by atoms with Crippen LogP contribution in [0.15, 0.2) is 42.7 Å². The molecule has 0 spiro atoms. The fraction of sp³-hybridized carbons (Fsp3) is 0.217. The summed E-state index contributed by atoms with van der Waals surface area (Å²) >= 11 is 12.7. The van der Waals surface area contributed by atoms with E-state index < -0.39 is 11.6 Å². The van der Waals surface area contributed by atoms with Crippen LogP contribution in [0.3, 0.4) is 0 Å². The van der Waals surface area contributed by atoms with Gasteiger partial charge in [0, 0.05) is 47.4 Å². The summed E-state index contributed by atoms with van der Waals surface area (Å²) in [5.74, 6) is -1.14. The van der Waals surface area contributed by atoms with Crippen LogP contribution >= 0.6 is 23.2 Å². The Morgan fingerprint density at radius 1 is 1.06 bits per heavy atom. The lowest BCUT2D eigenvalue weighted by Crippen LogP contribution is -2.61. The molecule has 2 aromatic heterocycles. The van der Waals surface area contributed by atoms with Gasteiger partial charge in [-0.05, 0) is 24.4 Å². The van der Waals surface area contributed by atoms with Crippen molar-refractivity contribution in [3.63, 3.8) is 0 Å². The number of rotatable bonds is 2. The molecule has 0 unspecified atom stereocenters. The Morgan fingerprint density at radius 3 is 2.77 bits per heavy atom. The predicted octanol–water partition coefficient (Wildman–Crippen LogP) is 5.59. The molecule has 4 nitrogen and oxygen atoms in total. The SMILES string of the molecule is Fc1ccc2cccc(-c3ncc4c(N5C[C@H]6NCC[C@H]65)c(Cl)cnc4c3F)c2c1Cl. The minimum Gasteiger partial charge on any atom is -0.363 e. The molecule has 0 amide bonds. The average molecular weight is 457 g/mol. The summed E-state index contributed by atoms with van der Waals surface area (Å²) in [5.41, 5.74) is 1.44. The van der Waals surface area contributed by atoms with Gasteiger partial charge in [-0.3, -0.25) is 9.97 Å². The highest BCUT2D eigenvalue weighted by atomic mass is 35.5. The predicted molar refractivity (Wildman–Crippen MR) is 120 cm³/mol. The highest BCUT2D eigenvalue weighted by molar-refractivity contribution is 6.37. The van der Waals surface area contributed by atoms with Gasteiger partial charge in [0.15, 0.2) is 5.82 Å². The largest absolute Gasteiger partial charge is 0.363 e. The summed E-state index contributed by atoms with van der Waals surface area (Å²) in [6, 6.07) is 8.94. The first kappa shape index (κ1) is 19.2. The zero-order valence-corrected chi connectivity index (χ0v) is 17.7. The van der Waals surface area contributed by atoms with E-state index in [0.717, 1.165) is 25.2 Å². The van der Waals surface area contributed by atoms with Gasteiger partial charge in [0.1, 0.15) is 17.0 Å². The summed E-state index contributed by atoms with van der Waals surface area (Å²) in [5, 5.41) is 5.57. The van der Waals surface area contributed by atoms with Crippen molar-refractivity contribution >= 4 is 50.6 Å². The van der Waals surface area contributed by atoms with Crippen molar-refractivity contribution in [1.29, 1.82) is 0 Å². The minimum atomic E-state index is -0.579. The third-order valence-electron chi connectivity index (χ3n) is 6.36. The average Bonchev–Trinajstić information content (AvgIpc) is 3.13. The van der Waals surface area contributed by atoms with Crippen molar-refractivity contribution in [2.24, 2.45) is 0 Å². The van der Waals surface area contributed by atoms with Gasteiger partial charge in [-0.1, -0.05) is 47.5 Å². The van der Waals surface area contributed by atoms with Crippen LogP contribution in [0, 0.1) is 11.6 Å². The Morgan fingerprint density at radius 2 is 1.94 bits per heavy atom. The second-order valence-corrected chi connectivity index (χ2v) is 8.76. The van der Waals surface area contributed by atoms with E-state index in [0.29, 0.717) is 38.8 Å². The summed E-state index contributed by atoms with van der Waals surface area (Å²) in [6.45, 7) is 1.77. The number of halogens is 4. The molecule has 0 saturated carbocycles. The Kier molecular flexibility index (Phi) is 4.32. The second kappa shape index (κ2) is 6.99. The van der Waals surface area contributed by atoms with Crippen LogP contribution in [-0.2, 0) is 0 Å². The van der Waals surface area contributed by atoms with E-state index in [2.05, 4.69) is 20.2 Å². The maximum absolute atomic E-state index is 15.7. The molecule has 2 saturated heterocycles. The van der Waals surface area contributed by atoms with Crippen LogP contribution in [-0.4, -0.2) is 35.1 Å². The minimum absolute atomic E-state index is 0.0560. The number of pyridine rings is 2. The van der Waals surface area contributed by atoms with Gasteiger partial charge in [-0.25, -0.2) is 8.78 Å². The van der Waals surface area contributed by atoms with Gasteiger partial charge < -0.3 is 10.2 Å². The lowest BCUT2D eigenvalue weighted by Gasteiger charge is -2.46. The molecule has 4 aromatic rings. The zero-order valence-electron chi connectivity index (χ0n) is 16.2. The van der Waals surface area contributed by atoms with Gasteiger partial charge >= 0.3 is 0 Å². The number of benzene rings is 2. The van der Waals surface area contributed by atoms with Crippen LogP contribution in [0.5, 0.6) is 0 Å². The lowest BCUT2D eigenvalue weighted by atomic mass is 9.95. The van der Waals surface area contributed by atoms with E-state index >= 15 is 4.39 Å². The molecule has 2 fully saturated rings. The third kappa shape index (κ3) is 2.75. The van der Waals surface area contributed by atoms with Crippen LogP contribution in [0.4, 0.5) is 14.5 Å². The molecular weight excluding hydrogens is 441 g/mol. The summed E-state index contributed by atoms with van der Waals surface area (Å²) in [7, 11) is 0. The molecule has 8 heteroatoms. The molecule has 156 valence electrons. The first-order valence-corrected chi connectivity index (χ1v) is 10.8. The van der Waals surface area contributed by atoms with E-state index in [1.54, 1.807) is 30.5 Å². The van der Waals surface area contributed by atoms with Crippen LogP contribution in [0.1, 0.15) is 6.42 Å². The number of aromatic nitrogens is 2.